The van der Waals surface area contributed by atoms with E-state index in [1.54, 1.807) is 82.7 Å². The number of H-pyrrole nitrogens is 5. The van der Waals surface area contributed by atoms with Crippen LogP contribution >= 0.6 is 46.4 Å². The number of halogens is 6. The van der Waals surface area contributed by atoms with Gasteiger partial charge in [-0.2, -0.15) is 30.8 Å². The van der Waals surface area contributed by atoms with Gasteiger partial charge in [-0.15, -0.1) is 0 Å². The van der Waals surface area contributed by atoms with E-state index >= 15 is 0 Å². The molecule has 3 aliphatic rings. The summed E-state index contributed by atoms with van der Waals surface area (Å²) in [5.41, 5.74) is 30.2. The minimum absolute atomic E-state index is 0.0561. The first-order valence-electron chi connectivity index (χ1n) is 44.1. The maximum absolute atomic E-state index is 13.5. The van der Waals surface area contributed by atoms with Crippen molar-refractivity contribution in [3.05, 3.63) is 331 Å². The molecule has 0 radical (unpaired) electrons. The number of nitrogens with one attached hydrogen (secondary N) is 5. The van der Waals surface area contributed by atoms with Crippen molar-refractivity contribution >= 4 is 74.6 Å². The van der Waals surface area contributed by atoms with Crippen LogP contribution in [0.1, 0.15) is 204 Å². The molecule has 10 aromatic heterocycles. The Hall–Kier alpha value is -12.9. The zero-order valence-corrected chi connectivity index (χ0v) is 77.6. The van der Waals surface area contributed by atoms with Crippen molar-refractivity contribution in [2.45, 2.75) is 197 Å². The number of aryl methyl sites for hydroxylation is 12. The van der Waals surface area contributed by atoms with Crippen molar-refractivity contribution in [2.24, 2.45) is 0 Å². The van der Waals surface area contributed by atoms with Gasteiger partial charge < -0.3 is 24.9 Å². The number of hydrogen-bond donors (Lipinski definition) is 5. The predicted molar refractivity (Wildman–Crippen MR) is 516 cm³/mol. The maximum Gasteiger partial charge on any atom is 0.251 e. The third-order valence-corrected chi connectivity index (χ3v) is 26.9. The number of nitrogens with zero attached hydrogens (tertiary/aromatic N) is 11. The second-order valence-electron chi connectivity index (χ2n) is 34.8. The zero-order valence-electron chi connectivity index (χ0n) is 74.6. The average Bonchev–Trinajstić information content (AvgIpc) is 1.62. The SMILES string of the molecule is Cc1cc(C#N)ccc1-c1cc(=O)[nH]c2c(C3CCCCC3)c(C)nn12.Cc1cc(F)ccc1-c1cc(=O)[nH]c2c(-c3ccc(Cl)c(Cl)c3)c(C)nn12.Cc1cc(F)ccc1-c1cc(=O)[nH]c2c(C3CCCCC3)c(C)nn12.Cc1ccc(-c2cc(=O)[nH]c3c(-c4ccc(Cl)c(Cl)c4)c(C)nn23)c(C)c1.Cc1ccc(-c2cc(=O)[nH]c3c(C4CCCCC4)c(C)nn23)c(C)c1. The molecule has 0 unspecified atom stereocenters. The second-order valence-corrected chi connectivity index (χ2v) is 36.4. The first kappa shape index (κ1) is 90.5. The average molecular weight is 1820 g/mol. The van der Waals surface area contributed by atoms with E-state index < -0.39 is 0 Å². The van der Waals surface area contributed by atoms with Crippen LogP contribution in [0, 0.1) is 106 Å². The van der Waals surface area contributed by atoms with Crippen LogP contribution in [0.4, 0.5) is 8.78 Å². The molecule has 27 heteroatoms. The molecule has 0 atom stereocenters. The molecule has 0 bridgehead atoms. The lowest BCUT2D eigenvalue weighted by atomic mass is 9.84. The molecule has 21 nitrogen and oxygen atoms in total. The Morgan fingerprint density at radius 2 is 0.577 bits per heavy atom. The van der Waals surface area contributed by atoms with Crippen molar-refractivity contribution < 1.29 is 8.78 Å². The highest BCUT2D eigenvalue weighted by molar-refractivity contribution is 6.42. The Morgan fingerprint density at radius 1 is 0.308 bits per heavy atom. The monoisotopic (exact) mass is 1820 g/mol. The Labute approximate surface area is 769 Å². The highest BCUT2D eigenvalue weighted by Gasteiger charge is 2.30. The van der Waals surface area contributed by atoms with Crippen LogP contribution in [-0.2, 0) is 0 Å². The van der Waals surface area contributed by atoms with E-state index in [2.05, 4.69) is 81.1 Å². The predicted octanol–water partition coefficient (Wildman–Crippen LogP) is 24.4. The highest BCUT2D eigenvalue weighted by atomic mass is 35.5. The van der Waals surface area contributed by atoms with Gasteiger partial charge in [0.15, 0.2) is 0 Å². The van der Waals surface area contributed by atoms with Crippen molar-refractivity contribution in [2.75, 3.05) is 0 Å². The third kappa shape index (κ3) is 18.6. The van der Waals surface area contributed by atoms with Gasteiger partial charge >= 0.3 is 0 Å². The van der Waals surface area contributed by atoms with E-state index in [1.165, 1.54) is 134 Å². The first-order valence-corrected chi connectivity index (χ1v) is 45.6. The molecule has 3 fully saturated rings. The quantitative estimate of drug-likeness (QED) is 0.0858. The lowest BCUT2D eigenvalue weighted by molar-refractivity contribution is 0.444. The number of aromatic amines is 5. The largest absolute Gasteiger partial charge is 0.307 e. The summed E-state index contributed by atoms with van der Waals surface area (Å²) >= 11 is 24.4. The molecule has 0 spiro atoms. The molecule has 664 valence electrons. The lowest BCUT2D eigenvalue weighted by Gasteiger charge is -2.21. The fourth-order valence-corrected chi connectivity index (χ4v) is 20.1. The van der Waals surface area contributed by atoms with Gasteiger partial charge in [0.2, 0.25) is 0 Å². The summed E-state index contributed by atoms with van der Waals surface area (Å²) in [6.45, 7) is 23.7. The normalized spacial score (nSPS) is 13.8. The summed E-state index contributed by atoms with van der Waals surface area (Å²) in [7, 11) is 0. The molecule has 7 aromatic carbocycles. The van der Waals surface area contributed by atoms with Gasteiger partial charge in [-0.05, 0) is 251 Å². The molecule has 20 rings (SSSR count). The number of aromatic nitrogens is 15. The van der Waals surface area contributed by atoms with Crippen molar-refractivity contribution in [1.29, 1.82) is 5.26 Å². The molecule has 3 saturated carbocycles. The fraction of sp³-hybridized carbons (Fsp3) is 0.291. The summed E-state index contributed by atoms with van der Waals surface area (Å²) in [6, 6.07) is 47.8. The molecular weight excluding hydrogens is 1720 g/mol. The van der Waals surface area contributed by atoms with Gasteiger partial charge in [0.25, 0.3) is 27.8 Å². The Kier molecular flexibility index (Phi) is 26.5. The second kappa shape index (κ2) is 38.1. The maximum atomic E-state index is 13.5. The Balaban J connectivity index is 0.000000119. The third-order valence-electron chi connectivity index (χ3n) is 25.5. The summed E-state index contributed by atoms with van der Waals surface area (Å²) in [5, 5.41) is 34.5. The van der Waals surface area contributed by atoms with E-state index in [0.29, 0.717) is 71.7 Å². The summed E-state index contributed by atoms with van der Waals surface area (Å²) in [6.07, 6.45) is 18.3. The minimum Gasteiger partial charge on any atom is -0.307 e. The van der Waals surface area contributed by atoms with Gasteiger partial charge in [0, 0.05) is 86.0 Å². The Bertz CT molecular complexity index is 7300. The Morgan fingerprint density at radius 3 is 0.862 bits per heavy atom. The van der Waals surface area contributed by atoms with Gasteiger partial charge in [0.1, 0.15) is 39.9 Å². The summed E-state index contributed by atoms with van der Waals surface area (Å²) < 4.78 is 36.1. The van der Waals surface area contributed by atoms with Crippen LogP contribution in [-0.4, -0.2) is 73.0 Å². The van der Waals surface area contributed by atoms with Gasteiger partial charge in [-0.25, -0.2) is 31.4 Å². The standard InChI is InChI=1S/C21H17Cl2N3O.C21H22N4O.C21H25N3O.C20H14Cl2FN3O.C20H22FN3O/c1-11-4-6-15(12(2)8-11)18-10-19(27)24-21-20(13(3)25-26(18)21)14-5-7-16(22)17(23)9-14;1-13-10-15(12-22)8-9-17(13)18-11-19(26)23-21-20(14(2)24-25(18)21)16-6-4-3-5-7-16;1-13-9-10-17(14(2)11-13)18-12-19(25)22-21-20(15(3)23-24(18)21)16-7-5-4-6-8-16;1-10-7-13(23)4-5-14(10)17-9-18(27)24-20-19(11(2)25-26(17)20)12-3-6-15(21)16(22)8-12;1-12-10-15(21)8-9-16(12)17-11-18(25)22-20-19(13(2)23-24(17)20)14-6-4-3-5-7-14/h4-10H,1-3H3,(H,24,27);8-11,16H,3-7H2,1-2H3,(H,23,26);9-12,16H,4-8H2,1-3H3,(H,22,25);3-9H,1-2H3,(H,24,27);8-11,14H,3-7H2,1-2H3,(H,22,25). The molecule has 10 heterocycles. The van der Waals surface area contributed by atoms with Crippen molar-refractivity contribution in [3.63, 3.8) is 0 Å². The first-order chi connectivity index (χ1) is 62.4. The van der Waals surface area contributed by atoms with E-state index in [-0.39, 0.29) is 39.4 Å². The number of hydrogen-bond acceptors (Lipinski definition) is 11. The molecule has 130 heavy (non-hydrogen) atoms. The molecule has 5 N–H and O–H groups in total. The van der Waals surface area contributed by atoms with E-state index in [0.717, 1.165) is 155 Å². The van der Waals surface area contributed by atoms with Gasteiger partial charge in [0.05, 0.1) is 88.7 Å². The lowest BCUT2D eigenvalue weighted by Crippen LogP contribution is -2.12. The fourth-order valence-electron chi connectivity index (χ4n) is 19.5. The van der Waals surface area contributed by atoms with Gasteiger partial charge in [-0.1, -0.05) is 170 Å². The minimum atomic E-state index is -0.328. The topological polar surface area (TPSA) is 275 Å². The summed E-state index contributed by atoms with van der Waals surface area (Å²) in [5.74, 6) is 0.823. The van der Waals surface area contributed by atoms with Crippen LogP contribution in [0.25, 0.3) is 107 Å². The molecule has 0 saturated heterocycles. The number of fused-ring (bicyclic) bond motifs is 5. The summed E-state index contributed by atoms with van der Waals surface area (Å²) in [4.78, 5) is 76.8. The molecule has 17 aromatic rings. The van der Waals surface area contributed by atoms with Crippen LogP contribution in [0.15, 0.2) is 182 Å². The molecule has 0 aliphatic heterocycles. The number of benzene rings is 7. The van der Waals surface area contributed by atoms with E-state index in [1.807, 2.05) is 105 Å². The molecular formula is C103H100Cl4F2N16O5. The molecule has 3 aliphatic carbocycles. The molecule has 0 amide bonds. The zero-order chi connectivity index (χ0) is 91.9. The van der Waals surface area contributed by atoms with E-state index in [9.17, 15) is 32.8 Å². The van der Waals surface area contributed by atoms with E-state index in [4.69, 9.17) is 72.1 Å². The van der Waals surface area contributed by atoms with Gasteiger partial charge in [-0.3, -0.25) is 24.0 Å². The number of rotatable bonds is 10. The number of nitriles is 1. The van der Waals surface area contributed by atoms with Crippen LogP contribution in [0.2, 0.25) is 20.1 Å². The highest BCUT2D eigenvalue weighted by Crippen LogP contribution is 2.43. The van der Waals surface area contributed by atoms with Crippen LogP contribution < -0.4 is 27.8 Å². The van der Waals surface area contributed by atoms with Crippen LogP contribution in [0.3, 0.4) is 0 Å². The van der Waals surface area contributed by atoms with Crippen molar-refractivity contribution in [1.82, 2.24) is 73.0 Å². The van der Waals surface area contributed by atoms with Crippen molar-refractivity contribution in [3.8, 4) is 84.6 Å². The smallest absolute Gasteiger partial charge is 0.251 e. The van der Waals surface area contributed by atoms with Crippen LogP contribution in [0.5, 0.6) is 0 Å².